The summed E-state index contributed by atoms with van der Waals surface area (Å²) in [6, 6.07) is 9.43. The van der Waals surface area contributed by atoms with Crippen LogP contribution in [0.15, 0.2) is 41.4 Å². The second-order valence-corrected chi connectivity index (χ2v) is 7.75. The average Bonchev–Trinajstić information content (AvgIpc) is 3.44. The highest BCUT2D eigenvalue weighted by molar-refractivity contribution is 14.0. The van der Waals surface area contributed by atoms with Crippen LogP contribution in [0.25, 0.3) is 0 Å². The summed E-state index contributed by atoms with van der Waals surface area (Å²) in [4.78, 5) is 12.4. The molecule has 160 valence electrons. The molecule has 0 radical (unpaired) electrons. The monoisotopic (exact) mass is 511 g/mol. The molecule has 0 aromatic heterocycles. The van der Waals surface area contributed by atoms with E-state index < -0.39 is 0 Å². The van der Waals surface area contributed by atoms with E-state index >= 15 is 0 Å². The molecule has 1 N–H and O–H groups in total. The van der Waals surface area contributed by atoms with Gasteiger partial charge in [-0.2, -0.15) is 0 Å². The quantitative estimate of drug-likeness (QED) is 0.285. The smallest absolute Gasteiger partial charge is 0.194 e. The van der Waals surface area contributed by atoms with Crippen molar-refractivity contribution in [3.8, 4) is 0 Å². The summed E-state index contributed by atoms with van der Waals surface area (Å²) >= 11 is 0. The lowest BCUT2D eigenvalue weighted by molar-refractivity contribution is 0.0195. The molecule has 4 rings (SSSR count). The molecule has 6 nitrogen and oxygen atoms in total. The van der Waals surface area contributed by atoms with Crippen LogP contribution < -0.4 is 10.2 Å². The zero-order valence-corrected chi connectivity index (χ0v) is 19.8. The number of nitrogens with one attached hydrogen (secondary N) is 1. The molecule has 3 heterocycles. The van der Waals surface area contributed by atoms with Crippen LogP contribution in [-0.4, -0.2) is 80.8 Å². The topological polar surface area (TPSA) is 43.3 Å². The van der Waals surface area contributed by atoms with Gasteiger partial charge in [-0.1, -0.05) is 24.3 Å². The van der Waals surface area contributed by atoms with Gasteiger partial charge in [-0.25, -0.2) is 4.99 Å². The van der Waals surface area contributed by atoms with Crippen molar-refractivity contribution in [1.29, 1.82) is 0 Å². The van der Waals surface area contributed by atoms with Crippen LogP contribution in [-0.2, 0) is 11.3 Å². The molecule has 0 amide bonds. The van der Waals surface area contributed by atoms with E-state index in [2.05, 4.69) is 63.4 Å². The Hall–Kier alpha value is -1.32. The van der Waals surface area contributed by atoms with E-state index in [0.717, 1.165) is 71.5 Å². The molecule has 2 fully saturated rings. The van der Waals surface area contributed by atoms with Crippen molar-refractivity contribution in [2.24, 2.45) is 4.99 Å². The standard InChI is InChI=1S/C22H33N5O.HI/c1-2-23-22(27-11-8-21(18-27)26-12-14-28-15-13-26)24-17-19-6-5-7-20(16-19)25-9-3-4-10-25;/h3-7,16,21H,2,8-15,17-18H2,1H3,(H,23,24);1H. The van der Waals surface area contributed by atoms with E-state index in [1.54, 1.807) is 0 Å². The predicted octanol–water partition coefficient (Wildman–Crippen LogP) is 2.55. The van der Waals surface area contributed by atoms with Crippen molar-refractivity contribution in [2.75, 3.05) is 63.9 Å². The molecule has 0 spiro atoms. The maximum Gasteiger partial charge on any atom is 0.194 e. The first-order chi connectivity index (χ1) is 13.8. The van der Waals surface area contributed by atoms with Crippen molar-refractivity contribution in [2.45, 2.75) is 25.9 Å². The molecule has 2 saturated heterocycles. The lowest BCUT2D eigenvalue weighted by atomic mass is 10.2. The molecule has 0 bridgehead atoms. The zero-order valence-electron chi connectivity index (χ0n) is 17.4. The Morgan fingerprint density at radius 2 is 1.97 bits per heavy atom. The maximum absolute atomic E-state index is 5.51. The van der Waals surface area contributed by atoms with E-state index in [0.29, 0.717) is 6.04 Å². The number of aliphatic imine (C=N–C) groups is 1. The van der Waals surface area contributed by atoms with Crippen LogP contribution in [0.5, 0.6) is 0 Å². The third-order valence-corrected chi connectivity index (χ3v) is 5.87. The van der Waals surface area contributed by atoms with Gasteiger partial charge in [0, 0.05) is 57.5 Å². The number of anilines is 1. The Labute approximate surface area is 192 Å². The number of halogens is 1. The molecule has 29 heavy (non-hydrogen) atoms. The van der Waals surface area contributed by atoms with Crippen LogP contribution in [0.4, 0.5) is 5.69 Å². The highest BCUT2D eigenvalue weighted by Crippen LogP contribution is 2.20. The van der Waals surface area contributed by atoms with Gasteiger partial charge >= 0.3 is 0 Å². The van der Waals surface area contributed by atoms with Gasteiger partial charge in [0.1, 0.15) is 0 Å². The Balaban J connectivity index is 0.00000240. The summed E-state index contributed by atoms with van der Waals surface area (Å²) in [6.07, 6.45) is 5.67. The van der Waals surface area contributed by atoms with Crippen LogP contribution in [0.3, 0.4) is 0 Å². The largest absolute Gasteiger partial charge is 0.379 e. The molecule has 3 aliphatic heterocycles. The van der Waals surface area contributed by atoms with Gasteiger partial charge in [0.2, 0.25) is 0 Å². The number of ether oxygens (including phenoxy) is 1. The predicted molar refractivity (Wildman–Crippen MR) is 130 cm³/mol. The number of guanidine groups is 1. The number of hydrogen-bond donors (Lipinski definition) is 1. The van der Waals surface area contributed by atoms with Crippen LogP contribution in [0.1, 0.15) is 18.9 Å². The third-order valence-electron chi connectivity index (χ3n) is 5.87. The number of hydrogen-bond acceptors (Lipinski definition) is 4. The van der Waals surface area contributed by atoms with E-state index in [-0.39, 0.29) is 24.0 Å². The second-order valence-electron chi connectivity index (χ2n) is 7.75. The summed E-state index contributed by atoms with van der Waals surface area (Å²) in [7, 11) is 0. The zero-order chi connectivity index (χ0) is 19.2. The average molecular weight is 511 g/mol. The van der Waals surface area contributed by atoms with Gasteiger partial charge in [0.15, 0.2) is 5.96 Å². The summed E-state index contributed by atoms with van der Waals surface area (Å²) < 4.78 is 5.51. The van der Waals surface area contributed by atoms with Crippen LogP contribution in [0, 0.1) is 0 Å². The molecular formula is C22H34IN5O. The number of benzene rings is 1. The fraction of sp³-hybridized carbons (Fsp3) is 0.591. The van der Waals surface area contributed by atoms with Gasteiger partial charge in [-0.15, -0.1) is 24.0 Å². The fourth-order valence-corrected chi connectivity index (χ4v) is 4.31. The number of nitrogens with zero attached hydrogens (tertiary/aromatic N) is 4. The molecule has 3 aliphatic rings. The summed E-state index contributed by atoms with van der Waals surface area (Å²) in [5.74, 6) is 1.05. The van der Waals surface area contributed by atoms with Gasteiger partial charge in [0.05, 0.1) is 19.8 Å². The lowest BCUT2D eigenvalue weighted by Crippen LogP contribution is -2.46. The van der Waals surface area contributed by atoms with E-state index in [1.165, 1.54) is 17.7 Å². The molecule has 1 aromatic carbocycles. The van der Waals surface area contributed by atoms with Crippen molar-refractivity contribution in [3.63, 3.8) is 0 Å². The van der Waals surface area contributed by atoms with Crippen molar-refractivity contribution in [3.05, 3.63) is 42.0 Å². The van der Waals surface area contributed by atoms with Gasteiger partial charge in [-0.3, -0.25) is 4.90 Å². The van der Waals surface area contributed by atoms with E-state index in [9.17, 15) is 0 Å². The Bertz CT molecular complexity index is 696. The minimum absolute atomic E-state index is 0. The van der Waals surface area contributed by atoms with Crippen molar-refractivity contribution in [1.82, 2.24) is 15.1 Å². The first-order valence-corrected chi connectivity index (χ1v) is 10.7. The molecular weight excluding hydrogens is 477 g/mol. The summed E-state index contributed by atoms with van der Waals surface area (Å²) in [5.41, 5.74) is 2.56. The minimum Gasteiger partial charge on any atom is -0.379 e. The van der Waals surface area contributed by atoms with Crippen LogP contribution >= 0.6 is 24.0 Å². The molecule has 1 atom stereocenters. The van der Waals surface area contributed by atoms with E-state index in [4.69, 9.17) is 9.73 Å². The lowest BCUT2D eigenvalue weighted by Gasteiger charge is -2.32. The van der Waals surface area contributed by atoms with Gasteiger partial charge in [-0.05, 0) is 31.0 Å². The van der Waals surface area contributed by atoms with Crippen LogP contribution in [0.2, 0.25) is 0 Å². The number of morpholine rings is 1. The highest BCUT2D eigenvalue weighted by Gasteiger charge is 2.30. The Morgan fingerprint density at radius 3 is 2.72 bits per heavy atom. The van der Waals surface area contributed by atoms with Gasteiger partial charge in [0.25, 0.3) is 0 Å². The van der Waals surface area contributed by atoms with Gasteiger partial charge < -0.3 is 19.9 Å². The van der Waals surface area contributed by atoms with Crippen molar-refractivity contribution < 1.29 is 4.74 Å². The minimum atomic E-state index is 0. The van der Waals surface area contributed by atoms with Crippen molar-refractivity contribution >= 4 is 35.6 Å². The number of rotatable bonds is 5. The molecule has 1 aromatic rings. The fourth-order valence-electron chi connectivity index (χ4n) is 4.31. The number of likely N-dealkylation sites (tertiary alicyclic amines) is 1. The summed E-state index contributed by atoms with van der Waals surface area (Å²) in [5, 5.41) is 3.50. The molecule has 7 heteroatoms. The Kier molecular flexibility index (Phi) is 8.62. The summed E-state index contributed by atoms with van der Waals surface area (Å²) in [6.45, 7) is 11.8. The molecule has 0 saturated carbocycles. The Morgan fingerprint density at radius 1 is 1.17 bits per heavy atom. The normalized spacial score (nSPS) is 22.8. The SMILES string of the molecule is CCNC(=NCc1cccc(N2CC=CC2)c1)N1CCC(N2CCOCC2)C1.I. The van der Waals surface area contributed by atoms with E-state index in [1.807, 2.05) is 0 Å². The maximum atomic E-state index is 5.51. The first kappa shape index (κ1) is 22.4. The molecule has 1 unspecified atom stereocenters. The third kappa shape index (κ3) is 5.86. The molecule has 0 aliphatic carbocycles. The highest BCUT2D eigenvalue weighted by atomic mass is 127. The first-order valence-electron chi connectivity index (χ1n) is 10.7. The second kappa shape index (κ2) is 11.2.